The van der Waals surface area contributed by atoms with Crippen molar-refractivity contribution in [3.05, 3.63) is 36.2 Å². The Kier molecular flexibility index (Phi) is 3.49. The van der Waals surface area contributed by atoms with Crippen LogP contribution >= 0.6 is 0 Å². The van der Waals surface area contributed by atoms with Crippen LogP contribution < -0.4 is 15.8 Å². The first-order valence-corrected chi connectivity index (χ1v) is 5.45. The molecule has 0 aliphatic carbocycles. The van der Waals surface area contributed by atoms with Gasteiger partial charge in [-0.3, -0.25) is 0 Å². The van der Waals surface area contributed by atoms with Crippen LogP contribution in [0.5, 0.6) is 5.75 Å². The summed E-state index contributed by atoms with van der Waals surface area (Å²) in [6.45, 7) is 3.09. The average molecular weight is 233 g/mol. The number of ether oxygens (including phenoxy) is 1. The standard InChI is InChI=1S/C12H15N3O2/c1-2-16-11-5-3-4-10(12(11)13)14-8-9-6-7-17-15-9/h3-7,14H,2,8,13H2,1H3. The summed E-state index contributed by atoms with van der Waals surface area (Å²) in [6, 6.07) is 7.44. The number of nitrogens with one attached hydrogen (secondary N) is 1. The molecule has 1 heterocycles. The zero-order valence-corrected chi connectivity index (χ0v) is 9.64. The van der Waals surface area contributed by atoms with Gasteiger partial charge in [0.25, 0.3) is 0 Å². The highest BCUT2D eigenvalue weighted by molar-refractivity contribution is 5.72. The minimum Gasteiger partial charge on any atom is -0.492 e. The molecule has 2 rings (SSSR count). The lowest BCUT2D eigenvalue weighted by Crippen LogP contribution is -2.04. The molecule has 0 fully saturated rings. The molecular formula is C12H15N3O2. The minimum absolute atomic E-state index is 0.566. The van der Waals surface area contributed by atoms with E-state index in [0.717, 1.165) is 11.4 Å². The largest absolute Gasteiger partial charge is 0.492 e. The van der Waals surface area contributed by atoms with Crippen LogP contribution in [0.2, 0.25) is 0 Å². The van der Waals surface area contributed by atoms with Gasteiger partial charge in [-0.1, -0.05) is 11.2 Å². The molecule has 5 nitrogen and oxygen atoms in total. The van der Waals surface area contributed by atoms with E-state index in [0.29, 0.717) is 24.6 Å². The molecule has 17 heavy (non-hydrogen) atoms. The van der Waals surface area contributed by atoms with E-state index >= 15 is 0 Å². The highest BCUT2D eigenvalue weighted by Gasteiger charge is 2.05. The SMILES string of the molecule is CCOc1cccc(NCc2ccon2)c1N. The van der Waals surface area contributed by atoms with Crippen LogP contribution in [0.15, 0.2) is 35.1 Å². The maximum atomic E-state index is 5.98. The fraction of sp³-hybridized carbons (Fsp3) is 0.250. The molecule has 0 saturated heterocycles. The van der Waals surface area contributed by atoms with E-state index in [1.54, 1.807) is 6.07 Å². The van der Waals surface area contributed by atoms with Crippen molar-refractivity contribution < 1.29 is 9.26 Å². The van der Waals surface area contributed by atoms with Crippen molar-refractivity contribution in [2.75, 3.05) is 17.7 Å². The lowest BCUT2D eigenvalue weighted by Gasteiger charge is -2.12. The Morgan fingerprint density at radius 1 is 1.41 bits per heavy atom. The third-order valence-corrected chi connectivity index (χ3v) is 2.32. The van der Waals surface area contributed by atoms with E-state index in [4.69, 9.17) is 15.0 Å². The number of hydrogen-bond donors (Lipinski definition) is 2. The van der Waals surface area contributed by atoms with Crippen molar-refractivity contribution in [3.63, 3.8) is 0 Å². The fourth-order valence-electron chi connectivity index (χ4n) is 1.49. The first-order chi connectivity index (χ1) is 8.31. The smallest absolute Gasteiger partial charge is 0.144 e. The van der Waals surface area contributed by atoms with Crippen molar-refractivity contribution in [1.82, 2.24) is 5.16 Å². The summed E-state index contributed by atoms with van der Waals surface area (Å²) in [4.78, 5) is 0. The maximum Gasteiger partial charge on any atom is 0.144 e. The van der Waals surface area contributed by atoms with Gasteiger partial charge in [0.05, 0.1) is 24.5 Å². The minimum atomic E-state index is 0.566. The summed E-state index contributed by atoms with van der Waals surface area (Å²) in [5.74, 6) is 0.692. The number of aromatic nitrogens is 1. The van der Waals surface area contributed by atoms with Gasteiger partial charge in [-0.2, -0.15) is 0 Å². The zero-order valence-electron chi connectivity index (χ0n) is 9.64. The lowest BCUT2D eigenvalue weighted by atomic mass is 10.2. The third-order valence-electron chi connectivity index (χ3n) is 2.32. The molecule has 0 amide bonds. The quantitative estimate of drug-likeness (QED) is 0.775. The number of nitrogens with two attached hydrogens (primary N) is 1. The number of hydrogen-bond acceptors (Lipinski definition) is 5. The number of nitrogen functional groups attached to an aromatic ring is 1. The molecular weight excluding hydrogens is 218 g/mol. The predicted octanol–water partition coefficient (Wildman–Crippen LogP) is 2.27. The van der Waals surface area contributed by atoms with Gasteiger partial charge < -0.3 is 20.3 Å². The number of anilines is 2. The molecule has 1 aromatic carbocycles. The van der Waals surface area contributed by atoms with E-state index in [9.17, 15) is 0 Å². The molecule has 0 radical (unpaired) electrons. The molecule has 1 aromatic heterocycles. The number of rotatable bonds is 5. The average Bonchev–Trinajstić information content (AvgIpc) is 2.83. The highest BCUT2D eigenvalue weighted by atomic mass is 16.5. The van der Waals surface area contributed by atoms with Crippen LogP contribution in [-0.4, -0.2) is 11.8 Å². The predicted molar refractivity (Wildman–Crippen MR) is 65.9 cm³/mol. The normalized spacial score (nSPS) is 10.2. The van der Waals surface area contributed by atoms with E-state index in [1.807, 2.05) is 25.1 Å². The van der Waals surface area contributed by atoms with Gasteiger partial charge in [-0.05, 0) is 19.1 Å². The summed E-state index contributed by atoms with van der Waals surface area (Å²) in [5, 5.41) is 7.00. The van der Waals surface area contributed by atoms with Crippen molar-refractivity contribution >= 4 is 11.4 Å². The Balaban J connectivity index is 2.07. The van der Waals surface area contributed by atoms with E-state index in [-0.39, 0.29) is 0 Å². The number of nitrogens with zero attached hydrogens (tertiary/aromatic N) is 1. The van der Waals surface area contributed by atoms with Crippen LogP contribution in [0.4, 0.5) is 11.4 Å². The Morgan fingerprint density at radius 2 is 2.29 bits per heavy atom. The topological polar surface area (TPSA) is 73.3 Å². The monoisotopic (exact) mass is 233 g/mol. The molecule has 2 aromatic rings. The van der Waals surface area contributed by atoms with Crippen molar-refractivity contribution in [2.45, 2.75) is 13.5 Å². The van der Waals surface area contributed by atoms with Crippen molar-refractivity contribution in [3.8, 4) is 5.75 Å². The van der Waals surface area contributed by atoms with Gasteiger partial charge in [0.2, 0.25) is 0 Å². The molecule has 90 valence electrons. The molecule has 0 atom stereocenters. The van der Waals surface area contributed by atoms with E-state index in [2.05, 4.69) is 10.5 Å². The summed E-state index contributed by atoms with van der Waals surface area (Å²) in [5.41, 5.74) is 8.24. The van der Waals surface area contributed by atoms with E-state index < -0.39 is 0 Å². The lowest BCUT2D eigenvalue weighted by molar-refractivity contribution is 0.342. The zero-order chi connectivity index (χ0) is 12.1. The van der Waals surface area contributed by atoms with Gasteiger partial charge in [0.15, 0.2) is 0 Å². The molecule has 0 unspecified atom stereocenters. The Hall–Kier alpha value is -2.17. The summed E-state index contributed by atoms with van der Waals surface area (Å²) >= 11 is 0. The first kappa shape index (κ1) is 11.3. The summed E-state index contributed by atoms with van der Waals surface area (Å²) in [6.07, 6.45) is 1.54. The van der Waals surface area contributed by atoms with Crippen molar-refractivity contribution in [2.24, 2.45) is 0 Å². The Labute approximate surface area is 99.6 Å². The second kappa shape index (κ2) is 5.25. The molecule has 0 saturated carbocycles. The van der Waals surface area contributed by atoms with Crippen LogP contribution in [0.1, 0.15) is 12.6 Å². The van der Waals surface area contributed by atoms with E-state index in [1.165, 1.54) is 6.26 Å². The fourth-order valence-corrected chi connectivity index (χ4v) is 1.49. The Bertz CT molecular complexity index is 469. The van der Waals surface area contributed by atoms with Gasteiger partial charge in [-0.25, -0.2) is 0 Å². The molecule has 3 N–H and O–H groups in total. The van der Waals surface area contributed by atoms with Gasteiger partial charge >= 0.3 is 0 Å². The van der Waals surface area contributed by atoms with Crippen LogP contribution in [0.3, 0.4) is 0 Å². The molecule has 0 bridgehead atoms. The van der Waals surface area contributed by atoms with Crippen LogP contribution in [0.25, 0.3) is 0 Å². The van der Waals surface area contributed by atoms with Gasteiger partial charge in [0, 0.05) is 6.07 Å². The van der Waals surface area contributed by atoms with Crippen molar-refractivity contribution in [1.29, 1.82) is 0 Å². The third kappa shape index (κ3) is 2.69. The van der Waals surface area contributed by atoms with Crippen LogP contribution in [-0.2, 0) is 6.54 Å². The first-order valence-electron chi connectivity index (χ1n) is 5.45. The molecule has 0 spiro atoms. The number of para-hydroxylation sites is 1. The maximum absolute atomic E-state index is 5.98. The molecule has 0 aliphatic heterocycles. The summed E-state index contributed by atoms with van der Waals surface area (Å²) < 4.78 is 10.2. The Morgan fingerprint density at radius 3 is 3.00 bits per heavy atom. The second-order valence-corrected chi connectivity index (χ2v) is 3.49. The van der Waals surface area contributed by atoms with Crippen LogP contribution in [0, 0.1) is 0 Å². The number of benzene rings is 1. The molecule has 0 aliphatic rings. The summed E-state index contributed by atoms with van der Waals surface area (Å²) in [7, 11) is 0. The molecule has 5 heteroatoms. The van der Waals surface area contributed by atoms with Gasteiger partial charge in [-0.15, -0.1) is 0 Å². The van der Waals surface area contributed by atoms with Gasteiger partial charge in [0.1, 0.15) is 17.7 Å². The second-order valence-electron chi connectivity index (χ2n) is 3.49. The highest BCUT2D eigenvalue weighted by Crippen LogP contribution is 2.29.